The van der Waals surface area contributed by atoms with Crippen molar-refractivity contribution in [2.45, 2.75) is 25.2 Å². The first kappa shape index (κ1) is 15.4. The molecule has 0 atom stereocenters. The Bertz CT molecular complexity index is 772. The highest BCUT2D eigenvalue weighted by atomic mass is 32.2. The molecule has 0 saturated carbocycles. The average molecular weight is 302 g/mol. The van der Waals surface area contributed by atoms with Gasteiger partial charge < -0.3 is 0 Å². The second kappa shape index (κ2) is 5.82. The Hall–Kier alpha value is -1.94. The minimum Gasteiger partial charge on any atom is -0.294 e. The van der Waals surface area contributed by atoms with Gasteiger partial charge in [-0.05, 0) is 42.7 Å². The predicted octanol–water partition coefficient (Wildman–Crippen LogP) is 3.13. The molecular formula is C17H18O3S. The Morgan fingerprint density at radius 1 is 0.952 bits per heavy atom. The summed E-state index contributed by atoms with van der Waals surface area (Å²) in [6.45, 7) is 4.05. The number of ketones is 1. The molecule has 0 aliphatic heterocycles. The third-order valence-corrected chi connectivity index (χ3v) is 4.67. The fraction of sp³-hybridized carbons (Fsp3) is 0.235. The van der Waals surface area contributed by atoms with Crippen molar-refractivity contribution in [3.63, 3.8) is 0 Å². The van der Waals surface area contributed by atoms with Crippen molar-refractivity contribution in [1.29, 1.82) is 0 Å². The van der Waals surface area contributed by atoms with Gasteiger partial charge >= 0.3 is 0 Å². The lowest BCUT2D eigenvalue weighted by molar-refractivity contribution is 0.0993. The molecule has 0 bridgehead atoms. The van der Waals surface area contributed by atoms with Gasteiger partial charge in [0.25, 0.3) is 0 Å². The van der Waals surface area contributed by atoms with Gasteiger partial charge in [0.15, 0.2) is 15.6 Å². The second-order valence-electron chi connectivity index (χ2n) is 5.32. The number of Topliss-reactive ketones (excluding diaryl/α,β-unsaturated/α-hetero) is 1. The predicted molar refractivity (Wildman–Crippen MR) is 83.5 cm³/mol. The van der Waals surface area contributed by atoms with Crippen molar-refractivity contribution in [3.8, 4) is 0 Å². The highest BCUT2D eigenvalue weighted by Crippen LogP contribution is 2.15. The number of aryl methyl sites for hydroxylation is 2. The second-order valence-corrected chi connectivity index (χ2v) is 7.33. The van der Waals surface area contributed by atoms with Crippen molar-refractivity contribution in [3.05, 3.63) is 64.7 Å². The maximum Gasteiger partial charge on any atom is 0.175 e. The molecule has 0 amide bonds. The summed E-state index contributed by atoms with van der Waals surface area (Å²) in [7, 11) is -3.23. The molecule has 2 aromatic carbocycles. The van der Waals surface area contributed by atoms with Gasteiger partial charge in [-0.3, -0.25) is 4.79 Å². The van der Waals surface area contributed by atoms with E-state index in [1.54, 1.807) is 12.1 Å². The Balaban J connectivity index is 2.18. The number of hydrogen-bond acceptors (Lipinski definition) is 3. The van der Waals surface area contributed by atoms with Crippen LogP contribution in [0, 0.1) is 13.8 Å². The minimum absolute atomic E-state index is 0.0155. The number of hydrogen-bond donors (Lipinski definition) is 0. The Morgan fingerprint density at radius 2 is 1.57 bits per heavy atom. The summed E-state index contributed by atoms with van der Waals surface area (Å²) >= 11 is 0. The summed E-state index contributed by atoms with van der Waals surface area (Å²) in [6, 6.07) is 12.1. The number of carbonyl (C=O) groups excluding carboxylic acids is 1. The summed E-state index contributed by atoms with van der Waals surface area (Å²) in [5.74, 6) is -0.0155. The fourth-order valence-electron chi connectivity index (χ4n) is 2.09. The molecule has 4 heteroatoms. The summed E-state index contributed by atoms with van der Waals surface area (Å²) in [5.41, 5.74) is 3.85. The van der Waals surface area contributed by atoms with Gasteiger partial charge in [-0.1, -0.05) is 30.3 Å². The monoisotopic (exact) mass is 302 g/mol. The minimum atomic E-state index is -3.23. The van der Waals surface area contributed by atoms with E-state index in [2.05, 4.69) is 0 Å². The van der Waals surface area contributed by atoms with Crippen molar-refractivity contribution in [1.82, 2.24) is 0 Å². The van der Waals surface area contributed by atoms with Crippen molar-refractivity contribution in [2.24, 2.45) is 0 Å². The lowest BCUT2D eigenvalue weighted by Gasteiger charge is -2.06. The van der Waals surface area contributed by atoms with E-state index in [1.165, 1.54) is 17.7 Å². The summed E-state index contributed by atoms with van der Waals surface area (Å²) in [4.78, 5) is 12.4. The molecule has 2 aromatic rings. The summed E-state index contributed by atoms with van der Waals surface area (Å²) in [6.07, 6.45) is 1.47. The van der Waals surface area contributed by atoms with Crippen LogP contribution in [0.15, 0.2) is 47.4 Å². The van der Waals surface area contributed by atoms with Crippen LogP contribution >= 0.6 is 0 Å². The topological polar surface area (TPSA) is 51.2 Å². The van der Waals surface area contributed by atoms with E-state index in [4.69, 9.17) is 0 Å². The molecule has 3 nitrogen and oxygen atoms in total. The maximum absolute atomic E-state index is 12.2. The van der Waals surface area contributed by atoms with E-state index >= 15 is 0 Å². The largest absolute Gasteiger partial charge is 0.294 e. The van der Waals surface area contributed by atoms with E-state index in [0.29, 0.717) is 12.0 Å². The first-order chi connectivity index (χ1) is 9.77. The van der Waals surface area contributed by atoms with Crippen LogP contribution in [0.3, 0.4) is 0 Å². The number of rotatable bonds is 4. The van der Waals surface area contributed by atoms with Gasteiger partial charge in [0.1, 0.15) is 0 Å². The lowest BCUT2D eigenvalue weighted by Crippen LogP contribution is -2.05. The lowest BCUT2D eigenvalue weighted by atomic mass is 10.00. The third kappa shape index (κ3) is 3.79. The molecule has 0 heterocycles. The van der Waals surface area contributed by atoms with Crippen LogP contribution in [0.2, 0.25) is 0 Å². The third-order valence-electron chi connectivity index (χ3n) is 3.54. The van der Waals surface area contributed by atoms with E-state index in [0.717, 1.165) is 17.4 Å². The maximum atomic E-state index is 12.2. The van der Waals surface area contributed by atoms with E-state index < -0.39 is 9.84 Å². The van der Waals surface area contributed by atoms with Crippen molar-refractivity contribution >= 4 is 15.6 Å². The smallest absolute Gasteiger partial charge is 0.175 e. The molecule has 0 aliphatic carbocycles. The first-order valence-corrected chi connectivity index (χ1v) is 8.56. The molecule has 0 N–H and O–H groups in total. The van der Waals surface area contributed by atoms with Crippen LogP contribution in [-0.2, 0) is 16.3 Å². The molecule has 110 valence electrons. The van der Waals surface area contributed by atoms with Gasteiger partial charge in [0.05, 0.1) is 4.90 Å². The molecule has 0 aromatic heterocycles. The highest BCUT2D eigenvalue weighted by molar-refractivity contribution is 7.90. The molecule has 0 fully saturated rings. The zero-order valence-corrected chi connectivity index (χ0v) is 13.2. The van der Waals surface area contributed by atoms with E-state index in [1.807, 2.05) is 32.0 Å². The normalized spacial score (nSPS) is 11.4. The molecule has 0 unspecified atom stereocenters. The molecule has 21 heavy (non-hydrogen) atoms. The van der Waals surface area contributed by atoms with Gasteiger partial charge in [-0.2, -0.15) is 0 Å². The van der Waals surface area contributed by atoms with Crippen LogP contribution in [-0.4, -0.2) is 20.5 Å². The Labute approximate surface area is 125 Å². The molecule has 0 aliphatic rings. The standard InChI is InChI=1S/C17H18O3S/c1-12-4-5-14(10-13(12)2)11-17(18)15-6-8-16(9-7-15)21(3,19)20/h4-10H,11H2,1-3H3. The summed E-state index contributed by atoms with van der Waals surface area (Å²) in [5, 5.41) is 0. The summed E-state index contributed by atoms with van der Waals surface area (Å²) < 4.78 is 22.8. The van der Waals surface area contributed by atoms with E-state index in [-0.39, 0.29) is 10.7 Å². The van der Waals surface area contributed by atoms with Gasteiger partial charge in [-0.15, -0.1) is 0 Å². The quantitative estimate of drug-likeness (QED) is 0.815. The van der Waals surface area contributed by atoms with Crippen LogP contribution in [0.1, 0.15) is 27.0 Å². The van der Waals surface area contributed by atoms with Gasteiger partial charge in [0, 0.05) is 18.2 Å². The molecule has 0 spiro atoms. The zero-order valence-electron chi connectivity index (χ0n) is 12.4. The Kier molecular flexibility index (Phi) is 4.28. The highest BCUT2D eigenvalue weighted by Gasteiger charge is 2.11. The van der Waals surface area contributed by atoms with Crippen LogP contribution in [0.5, 0.6) is 0 Å². The molecule has 0 saturated heterocycles. The van der Waals surface area contributed by atoms with Crippen LogP contribution in [0.25, 0.3) is 0 Å². The first-order valence-electron chi connectivity index (χ1n) is 6.67. The molecular weight excluding hydrogens is 284 g/mol. The van der Waals surface area contributed by atoms with Gasteiger partial charge in [0.2, 0.25) is 0 Å². The van der Waals surface area contributed by atoms with Crippen LogP contribution in [0.4, 0.5) is 0 Å². The van der Waals surface area contributed by atoms with Gasteiger partial charge in [-0.25, -0.2) is 8.42 Å². The molecule has 0 radical (unpaired) electrons. The fourth-order valence-corrected chi connectivity index (χ4v) is 2.72. The van der Waals surface area contributed by atoms with E-state index in [9.17, 15) is 13.2 Å². The molecule has 2 rings (SSSR count). The number of sulfone groups is 1. The average Bonchev–Trinajstić information content (AvgIpc) is 2.42. The zero-order chi connectivity index (χ0) is 15.6. The Morgan fingerprint density at radius 3 is 2.10 bits per heavy atom. The number of benzene rings is 2. The van der Waals surface area contributed by atoms with Crippen molar-refractivity contribution < 1.29 is 13.2 Å². The van der Waals surface area contributed by atoms with Crippen LogP contribution < -0.4 is 0 Å². The SMILES string of the molecule is Cc1ccc(CC(=O)c2ccc(S(C)(=O)=O)cc2)cc1C. The number of carbonyl (C=O) groups is 1. The van der Waals surface area contributed by atoms with Crippen molar-refractivity contribution in [2.75, 3.05) is 6.26 Å².